The molecule has 110 valence electrons. The molecule has 0 aromatic carbocycles. The van der Waals surface area contributed by atoms with E-state index in [9.17, 15) is 4.79 Å². The highest BCUT2D eigenvalue weighted by Crippen LogP contribution is 2.18. The Kier molecular flexibility index (Phi) is 2.29. The van der Waals surface area contributed by atoms with Crippen molar-refractivity contribution in [1.29, 1.82) is 0 Å². The molecule has 0 saturated carbocycles. The average molecular weight is 350 g/mol. The van der Waals surface area contributed by atoms with Gasteiger partial charge < -0.3 is 14.5 Å². The minimum atomic E-state index is -3.31. The van der Waals surface area contributed by atoms with Crippen LogP contribution in [0.5, 0.6) is 0 Å². The van der Waals surface area contributed by atoms with E-state index in [1.54, 1.807) is 0 Å². The number of halogens is 1. The molecule has 0 spiro atoms. The van der Waals surface area contributed by atoms with Crippen LogP contribution in [0.1, 0.15) is 31.7 Å². The van der Waals surface area contributed by atoms with E-state index in [4.69, 9.17) is 15.7 Å². The van der Waals surface area contributed by atoms with Crippen molar-refractivity contribution < 1.29 is 20.5 Å². The van der Waals surface area contributed by atoms with Crippen LogP contribution in [0.2, 0.25) is 0 Å². The highest BCUT2D eigenvalue weighted by molar-refractivity contribution is 9.10. The van der Waals surface area contributed by atoms with Crippen molar-refractivity contribution in [3.8, 4) is 0 Å². The molecule has 1 saturated heterocycles. The number of aromatic nitrogens is 1. The maximum atomic E-state index is 12.6. The van der Waals surface area contributed by atoms with Gasteiger partial charge in [0, 0.05) is 26.0 Å². The number of rotatable bonds is 1. The Bertz CT molecular complexity index is 756. The Morgan fingerprint density at radius 3 is 2.55 bits per heavy atom. The molecule has 0 radical (unpaired) electrons. The molecule has 1 aliphatic rings. The molecule has 1 amide bonds. The Labute approximate surface area is 139 Å². The monoisotopic (exact) mass is 349 g/mol. The predicted octanol–water partition coefficient (Wildman–Crippen LogP) is 2.90. The van der Waals surface area contributed by atoms with Gasteiger partial charge in [-0.3, -0.25) is 0 Å². The molecule has 2 heterocycles. The van der Waals surface area contributed by atoms with Crippen LogP contribution in [0.15, 0.2) is 22.8 Å². The molecular formula is C14H20BrN3O2. The SMILES string of the molecule is [2H]C1([2H])N(C(=O)OC(C)(C)C)C([2H])([2H])C([2H])([2H])N(c2cccc(Br)n2)C1([2H])[2H]. The Hall–Kier alpha value is -1.30. The summed E-state index contributed by atoms with van der Waals surface area (Å²) >= 11 is 3.07. The number of amides is 1. The molecule has 0 unspecified atom stereocenters. The molecule has 0 atom stereocenters. The summed E-state index contributed by atoms with van der Waals surface area (Å²) < 4.78 is 71.3. The fourth-order valence-electron chi connectivity index (χ4n) is 1.29. The van der Waals surface area contributed by atoms with Crippen LogP contribution in [-0.4, -0.2) is 47.6 Å². The summed E-state index contributed by atoms with van der Waals surface area (Å²) in [6.07, 6.45) is -1.52. The number of hydrogen-bond acceptors (Lipinski definition) is 4. The first-order valence-corrected chi connectivity index (χ1v) is 6.63. The fraction of sp³-hybridized carbons (Fsp3) is 0.571. The van der Waals surface area contributed by atoms with E-state index in [1.807, 2.05) is 0 Å². The van der Waals surface area contributed by atoms with Gasteiger partial charge in [0.25, 0.3) is 0 Å². The van der Waals surface area contributed by atoms with Gasteiger partial charge in [0.15, 0.2) is 0 Å². The largest absolute Gasteiger partial charge is 0.444 e. The second kappa shape index (κ2) is 5.99. The number of ether oxygens (including phenoxy) is 1. The summed E-state index contributed by atoms with van der Waals surface area (Å²) in [6.45, 7) is -8.61. The fourth-order valence-corrected chi connectivity index (χ4v) is 1.63. The normalized spacial score (nSPS) is 32.2. The number of carbonyl (C=O) groups excluding carboxylic acids is 1. The quantitative estimate of drug-likeness (QED) is 0.731. The number of pyridine rings is 1. The molecule has 2 rings (SSSR count). The molecule has 6 heteroatoms. The Balaban J connectivity index is 2.71. The molecule has 1 aliphatic heterocycles. The summed E-state index contributed by atoms with van der Waals surface area (Å²) in [5, 5.41) is 0. The van der Waals surface area contributed by atoms with Crippen LogP contribution >= 0.6 is 15.9 Å². The van der Waals surface area contributed by atoms with Crippen molar-refractivity contribution in [2.75, 3.05) is 30.9 Å². The summed E-state index contributed by atoms with van der Waals surface area (Å²) in [7, 11) is 0. The summed E-state index contributed by atoms with van der Waals surface area (Å²) in [4.78, 5) is 16.6. The number of anilines is 1. The van der Waals surface area contributed by atoms with Crippen molar-refractivity contribution in [1.82, 2.24) is 9.88 Å². The molecule has 1 aromatic rings. The van der Waals surface area contributed by atoms with Gasteiger partial charge in [-0.2, -0.15) is 0 Å². The zero-order valence-corrected chi connectivity index (χ0v) is 12.9. The summed E-state index contributed by atoms with van der Waals surface area (Å²) in [5.74, 6) is -0.346. The van der Waals surface area contributed by atoms with Crippen molar-refractivity contribution >= 4 is 27.8 Å². The molecule has 5 nitrogen and oxygen atoms in total. The second-order valence-electron chi connectivity index (χ2n) is 4.92. The molecule has 0 aliphatic carbocycles. The van der Waals surface area contributed by atoms with Crippen molar-refractivity contribution in [3.05, 3.63) is 22.8 Å². The van der Waals surface area contributed by atoms with Crippen LogP contribution in [0.25, 0.3) is 0 Å². The molecule has 1 fully saturated rings. The van der Waals surface area contributed by atoms with Crippen molar-refractivity contribution in [2.45, 2.75) is 26.4 Å². The number of piperazine rings is 1. The van der Waals surface area contributed by atoms with Crippen LogP contribution < -0.4 is 4.90 Å². The van der Waals surface area contributed by atoms with Crippen molar-refractivity contribution in [2.24, 2.45) is 0 Å². The average Bonchev–Trinajstić information content (AvgIpc) is 2.42. The first kappa shape index (κ1) is 7.64. The van der Waals surface area contributed by atoms with Crippen LogP contribution in [0.3, 0.4) is 0 Å². The van der Waals surface area contributed by atoms with Gasteiger partial charge in [0.05, 0.1) is 11.0 Å². The van der Waals surface area contributed by atoms with E-state index in [0.29, 0.717) is 0 Å². The number of carbonyl (C=O) groups is 1. The first-order chi connectivity index (χ1) is 12.4. The van der Waals surface area contributed by atoms with Gasteiger partial charge in [-0.25, -0.2) is 9.78 Å². The topological polar surface area (TPSA) is 45.7 Å². The summed E-state index contributed by atoms with van der Waals surface area (Å²) in [5.41, 5.74) is -1.13. The molecule has 1 aromatic heterocycles. The zero-order chi connectivity index (χ0) is 21.9. The van der Waals surface area contributed by atoms with Gasteiger partial charge in [0.2, 0.25) is 0 Å². The smallest absolute Gasteiger partial charge is 0.410 e. The lowest BCUT2D eigenvalue weighted by Gasteiger charge is -2.36. The second-order valence-corrected chi connectivity index (χ2v) is 5.73. The van der Waals surface area contributed by atoms with Gasteiger partial charge in [-0.1, -0.05) is 6.07 Å². The van der Waals surface area contributed by atoms with E-state index in [0.717, 1.165) is 0 Å². The van der Waals surface area contributed by atoms with Gasteiger partial charge >= 0.3 is 6.09 Å². The Morgan fingerprint density at radius 2 is 2.00 bits per heavy atom. The standard InChI is InChI=1S/C14H20BrN3O2/c1-14(2,3)20-13(19)18-9-7-17(8-10-18)12-6-4-5-11(15)16-12/h4-6H,7-10H2,1-3H3/i7D2,8D2,9D2,10D2. The van der Waals surface area contributed by atoms with Crippen molar-refractivity contribution in [3.63, 3.8) is 0 Å². The van der Waals surface area contributed by atoms with E-state index in [-0.39, 0.29) is 20.2 Å². The zero-order valence-electron chi connectivity index (χ0n) is 19.3. The van der Waals surface area contributed by atoms with E-state index < -0.39 is 37.7 Å². The van der Waals surface area contributed by atoms with Crippen LogP contribution in [0, 0.1) is 0 Å². The van der Waals surface area contributed by atoms with E-state index >= 15 is 0 Å². The van der Waals surface area contributed by atoms with Gasteiger partial charge in [0.1, 0.15) is 16.0 Å². The minimum absolute atomic E-state index is 0.153. The third-order valence-corrected chi connectivity index (χ3v) is 2.49. The van der Waals surface area contributed by atoms with Gasteiger partial charge in [-0.05, 0) is 48.8 Å². The van der Waals surface area contributed by atoms with Gasteiger partial charge in [-0.15, -0.1) is 0 Å². The first-order valence-electron chi connectivity index (χ1n) is 9.83. The van der Waals surface area contributed by atoms with E-state index in [2.05, 4.69) is 20.9 Å². The molecule has 20 heavy (non-hydrogen) atoms. The molecular weight excluding hydrogens is 322 g/mol. The lowest BCUT2D eigenvalue weighted by atomic mass is 10.2. The lowest BCUT2D eigenvalue weighted by Crippen LogP contribution is -2.50. The van der Waals surface area contributed by atoms with E-state index in [1.165, 1.54) is 39.0 Å². The number of nitrogens with zero attached hydrogens (tertiary/aromatic N) is 3. The highest BCUT2D eigenvalue weighted by Gasteiger charge is 2.26. The third kappa shape index (κ3) is 4.10. The lowest BCUT2D eigenvalue weighted by molar-refractivity contribution is 0.0240. The maximum absolute atomic E-state index is 12.6. The molecule has 0 N–H and O–H groups in total. The minimum Gasteiger partial charge on any atom is -0.444 e. The highest BCUT2D eigenvalue weighted by atomic mass is 79.9. The maximum Gasteiger partial charge on any atom is 0.410 e. The summed E-state index contributed by atoms with van der Waals surface area (Å²) in [6, 6.07) is 4.13. The Morgan fingerprint density at radius 1 is 1.35 bits per heavy atom. The third-order valence-electron chi connectivity index (χ3n) is 2.05. The van der Waals surface area contributed by atoms with Crippen LogP contribution in [-0.2, 0) is 4.74 Å². The molecule has 0 bridgehead atoms. The van der Waals surface area contributed by atoms with Crippen LogP contribution in [0.4, 0.5) is 10.6 Å². The predicted molar refractivity (Wildman–Crippen MR) is 82.0 cm³/mol. The number of hydrogen-bond donors (Lipinski definition) is 0.